The molecule has 0 unspecified atom stereocenters. The molecule has 0 aliphatic carbocycles. The van der Waals surface area contributed by atoms with E-state index < -0.39 is 0 Å². The van der Waals surface area contributed by atoms with Crippen LogP contribution in [0.2, 0.25) is 0 Å². The Kier molecular flexibility index (Phi) is 4.78. The lowest BCUT2D eigenvalue weighted by Crippen LogP contribution is -2.33. The molecule has 0 bridgehead atoms. The number of anilines is 1. The maximum atomic E-state index is 4.36. The third-order valence-corrected chi connectivity index (χ3v) is 3.63. The van der Waals surface area contributed by atoms with Gasteiger partial charge in [-0.2, -0.15) is 5.10 Å². The zero-order valence-corrected chi connectivity index (χ0v) is 14.8. The second-order valence-electron chi connectivity index (χ2n) is 7.06. The van der Waals surface area contributed by atoms with E-state index in [2.05, 4.69) is 72.7 Å². The quantitative estimate of drug-likeness (QED) is 0.894. The fraction of sp³-hybridized carbons (Fsp3) is 0.444. The van der Waals surface area contributed by atoms with Crippen molar-refractivity contribution in [3.63, 3.8) is 0 Å². The summed E-state index contributed by atoms with van der Waals surface area (Å²) in [5, 5.41) is 14.9. The Hall–Kier alpha value is -2.30. The summed E-state index contributed by atoms with van der Waals surface area (Å²) < 4.78 is 0. The van der Waals surface area contributed by atoms with Crippen LogP contribution in [-0.4, -0.2) is 23.3 Å². The van der Waals surface area contributed by atoms with E-state index in [1.807, 2.05) is 13.1 Å². The predicted molar refractivity (Wildman–Crippen MR) is 96.6 cm³/mol. The zero-order chi connectivity index (χ0) is 17.2. The molecule has 124 valence electrons. The van der Waals surface area contributed by atoms with E-state index in [0.717, 1.165) is 41.4 Å². The fourth-order valence-electron chi connectivity index (χ4n) is 2.60. The van der Waals surface area contributed by atoms with Gasteiger partial charge in [0.05, 0.1) is 22.9 Å². The minimum absolute atomic E-state index is 0.209. The van der Waals surface area contributed by atoms with E-state index in [-0.39, 0.29) is 5.41 Å². The van der Waals surface area contributed by atoms with Crippen LogP contribution in [0.5, 0.6) is 0 Å². The Balaban J connectivity index is 2.39. The predicted octanol–water partition coefficient (Wildman–Crippen LogP) is 3.18. The van der Waals surface area contributed by atoms with Gasteiger partial charge in [-0.15, -0.1) is 5.10 Å². The number of rotatable bonds is 4. The van der Waals surface area contributed by atoms with Crippen molar-refractivity contribution in [3.05, 3.63) is 48.3 Å². The van der Waals surface area contributed by atoms with E-state index in [9.17, 15) is 0 Å². The van der Waals surface area contributed by atoms with Crippen molar-refractivity contribution in [2.24, 2.45) is 5.41 Å². The summed E-state index contributed by atoms with van der Waals surface area (Å²) in [5.74, 6) is 0.710. The number of allylic oxidation sites excluding steroid dienone is 1. The van der Waals surface area contributed by atoms with Crippen LogP contribution in [0, 0.1) is 12.3 Å². The molecule has 5 nitrogen and oxygen atoms in total. The lowest BCUT2D eigenvalue weighted by Gasteiger charge is -2.32. The molecule has 1 aliphatic rings. The second kappa shape index (κ2) is 6.44. The lowest BCUT2D eigenvalue weighted by molar-refractivity contribution is 0.412. The van der Waals surface area contributed by atoms with Crippen molar-refractivity contribution in [3.8, 4) is 0 Å². The smallest absolute Gasteiger partial charge is 0.0997 e. The van der Waals surface area contributed by atoms with Crippen molar-refractivity contribution >= 4 is 11.3 Å². The number of aromatic nitrogens is 2. The molecule has 2 N–H and O–H groups in total. The van der Waals surface area contributed by atoms with E-state index in [0.29, 0.717) is 5.82 Å². The molecule has 1 aromatic heterocycles. The van der Waals surface area contributed by atoms with Gasteiger partial charge in [-0.25, -0.2) is 0 Å². The number of hydrogen-bond acceptors (Lipinski definition) is 5. The van der Waals surface area contributed by atoms with Gasteiger partial charge in [0.25, 0.3) is 0 Å². The third-order valence-electron chi connectivity index (χ3n) is 3.63. The van der Waals surface area contributed by atoms with E-state index >= 15 is 0 Å². The molecule has 0 fully saturated rings. The summed E-state index contributed by atoms with van der Waals surface area (Å²) >= 11 is 0. The highest BCUT2D eigenvalue weighted by atomic mass is 15.2. The van der Waals surface area contributed by atoms with Crippen molar-refractivity contribution in [1.29, 1.82) is 0 Å². The first-order valence-corrected chi connectivity index (χ1v) is 7.93. The summed E-state index contributed by atoms with van der Waals surface area (Å²) in [4.78, 5) is 2.35. The first-order chi connectivity index (χ1) is 10.7. The van der Waals surface area contributed by atoms with Crippen LogP contribution in [-0.2, 0) is 0 Å². The molecule has 1 aromatic rings. The molecule has 0 radical (unpaired) electrons. The minimum Gasteiger partial charge on any atom is -0.370 e. The highest BCUT2D eigenvalue weighted by Gasteiger charge is 2.20. The topological polar surface area (TPSA) is 53.1 Å². The van der Waals surface area contributed by atoms with Crippen molar-refractivity contribution in [1.82, 2.24) is 20.8 Å². The van der Waals surface area contributed by atoms with E-state index in [1.165, 1.54) is 0 Å². The molecule has 0 aromatic carbocycles. The molecule has 0 saturated heterocycles. The van der Waals surface area contributed by atoms with Crippen LogP contribution in [0.3, 0.4) is 0 Å². The normalized spacial score (nSPS) is 14.9. The molecule has 2 heterocycles. The maximum Gasteiger partial charge on any atom is 0.0997 e. The Bertz CT molecular complexity index is 652. The van der Waals surface area contributed by atoms with Gasteiger partial charge in [-0.3, -0.25) is 0 Å². The third kappa shape index (κ3) is 4.12. The van der Waals surface area contributed by atoms with Crippen LogP contribution in [0.25, 0.3) is 5.57 Å². The molecule has 1 aliphatic heterocycles. The van der Waals surface area contributed by atoms with Gasteiger partial charge in [0.2, 0.25) is 0 Å². The summed E-state index contributed by atoms with van der Waals surface area (Å²) in [6.45, 7) is 20.6. The Morgan fingerprint density at radius 3 is 2.48 bits per heavy atom. The highest BCUT2D eigenvalue weighted by Crippen LogP contribution is 2.28. The van der Waals surface area contributed by atoms with E-state index in [1.54, 1.807) is 0 Å². The number of aryl methyl sites for hydroxylation is 1. The van der Waals surface area contributed by atoms with Crippen molar-refractivity contribution in [2.45, 2.75) is 34.6 Å². The number of hydrogen-bond donors (Lipinski definition) is 2. The van der Waals surface area contributed by atoms with Crippen LogP contribution < -0.4 is 15.5 Å². The largest absolute Gasteiger partial charge is 0.370 e. The highest BCUT2D eigenvalue weighted by molar-refractivity contribution is 5.78. The average molecular weight is 313 g/mol. The molecule has 0 spiro atoms. The van der Waals surface area contributed by atoms with E-state index in [4.69, 9.17) is 0 Å². The van der Waals surface area contributed by atoms with Crippen LogP contribution in [0.1, 0.15) is 39.1 Å². The second-order valence-corrected chi connectivity index (χ2v) is 7.06. The maximum absolute atomic E-state index is 4.36. The zero-order valence-electron chi connectivity index (χ0n) is 14.8. The first-order valence-electron chi connectivity index (χ1n) is 7.93. The van der Waals surface area contributed by atoms with Gasteiger partial charge < -0.3 is 15.5 Å². The Labute approximate surface area is 139 Å². The number of nitrogens with one attached hydrogen (secondary N) is 2. The standard InChI is InChI=1S/C18H27N5/c1-8-23(11-18(5,6)7)17-9-16(22-21-13(17)3)15-10-19-14(4)20-12(15)2/h9-10,19-20H,2,4,8,11H2,1,3,5-7H3. The number of nitrogens with zero attached hydrogens (tertiary/aromatic N) is 3. The lowest BCUT2D eigenvalue weighted by atomic mass is 9.95. The summed E-state index contributed by atoms with van der Waals surface area (Å²) in [7, 11) is 0. The minimum atomic E-state index is 0.209. The molecule has 0 saturated carbocycles. The van der Waals surface area contributed by atoms with Gasteiger partial charge in [-0.1, -0.05) is 33.9 Å². The summed E-state index contributed by atoms with van der Waals surface area (Å²) in [6, 6.07) is 2.09. The molecule has 0 amide bonds. The molecule has 2 rings (SSSR count). The summed E-state index contributed by atoms with van der Waals surface area (Å²) in [5.41, 5.74) is 4.74. The van der Waals surface area contributed by atoms with Gasteiger partial charge in [-0.05, 0) is 25.3 Å². The monoisotopic (exact) mass is 313 g/mol. The van der Waals surface area contributed by atoms with Gasteiger partial charge in [0.1, 0.15) is 0 Å². The Morgan fingerprint density at radius 2 is 1.91 bits per heavy atom. The fourth-order valence-corrected chi connectivity index (χ4v) is 2.60. The molecular formula is C18H27N5. The van der Waals surface area contributed by atoms with Gasteiger partial charge in [0, 0.05) is 30.6 Å². The van der Waals surface area contributed by atoms with Gasteiger partial charge >= 0.3 is 0 Å². The Morgan fingerprint density at radius 1 is 1.22 bits per heavy atom. The van der Waals surface area contributed by atoms with Crippen molar-refractivity contribution in [2.75, 3.05) is 18.0 Å². The molecule has 5 heteroatoms. The van der Waals surface area contributed by atoms with Crippen molar-refractivity contribution < 1.29 is 0 Å². The van der Waals surface area contributed by atoms with Gasteiger partial charge in [0.15, 0.2) is 0 Å². The first kappa shape index (κ1) is 17.1. The van der Waals surface area contributed by atoms with Crippen LogP contribution in [0.15, 0.2) is 36.9 Å². The molecule has 0 atom stereocenters. The summed E-state index contributed by atoms with van der Waals surface area (Å²) in [6.07, 6.45) is 1.87. The molecular weight excluding hydrogens is 286 g/mol. The van der Waals surface area contributed by atoms with Crippen LogP contribution >= 0.6 is 0 Å². The van der Waals surface area contributed by atoms with Crippen LogP contribution in [0.4, 0.5) is 5.69 Å². The molecule has 23 heavy (non-hydrogen) atoms. The average Bonchev–Trinajstić information content (AvgIpc) is 2.45. The SMILES string of the molecule is C=C1NC=C(c2cc(N(CC)CC(C)(C)C)c(C)nn2)C(=C)N1.